The number of ether oxygens (including phenoxy) is 1. The van der Waals surface area contributed by atoms with Gasteiger partial charge in [0.25, 0.3) is 0 Å². The highest BCUT2D eigenvalue weighted by atomic mass is 35.5. The molecule has 0 radical (unpaired) electrons. The number of benzene rings is 1. The molecule has 108 valence electrons. The minimum atomic E-state index is 0.437. The number of rotatable bonds is 2. The average Bonchev–Trinajstić information content (AvgIpc) is 3.02. The summed E-state index contributed by atoms with van der Waals surface area (Å²) < 4.78 is 7.89. The van der Waals surface area contributed by atoms with Crippen LogP contribution in [0.2, 0.25) is 0 Å². The number of hydrogen-bond acceptors (Lipinski definition) is 4. The zero-order valence-electron chi connectivity index (χ0n) is 11.3. The molecule has 3 heterocycles. The van der Waals surface area contributed by atoms with Crippen LogP contribution in [-0.2, 0) is 5.88 Å². The highest BCUT2D eigenvalue weighted by Crippen LogP contribution is 2.38. The van der Waals surface area contributed by atoms with Crippen LogP contribution in [-0.4, -0.2) is 22.5 Å². The molecule has 0 unspecified atom stereocenters. The molecular formula is C15H14ClN3OS. The van der Waals surface area contributed by atoms with E-state index in [1.807, 2.05) is 29.8 Å². The second-order valence-corrected chi connectivity index (χ2v) is 6.03. The van der Waals surface area contributed by atoms with Gasteiger partial charge >= 0.3 is 0 Å². The predicted octanol–water partition coefficient (Wildman–Crippen LogP) is 4.06. The Morgan fingerprint density at radius 3 is 3.14 bits per heavy atom. The second kappa shape index (κ2) is 5.24. The summed E-state index contributed by atoms with van der Waals surface area (Å²) in [5, 5.41) is 2.03. The SMILES string of the molecule is ClCc1c(N2CCCOc3ccccc32)nc2sccn12. The van der Waals surface area contributed by atoms with Gasteiger partial charge in [0.2, 0.25) is 0 Å². The first-order valence-corrected chi connectivity index (χ1v) is 8.29. The van der Waals surface area contributed by atoms with Crippen molar-refractivity contribution in [2.75, 3.05) is 18.1 Å². The molecule has 0 atom stereocenters. The molecule has 0 spiro atoms. The fourth-order valence-corrected chi connectivity index (χ4v) is 3.69. The lowest BCUT2D eigenvalue weighted by molar-refractivity contribution is 0.322. The second-order valence-electron chi connectivity index (χ2n) is 4.89. The maximum atomic E-state index is 6.18. The van der Waals surface area contributed by atoms with Crippen LogP contribution in [0.15, 0.2) is 35.8 Å². The molecule has 0 amide bonds. The molecule has 1 aromatic carbocycles. The van der Waals surface area contributed by atoms with Crippen molar-refractivity contribution in [2.45, 2.75) is 12.3 Å². The number of alkyl halides is 1. The Bertz CT molecular complexity index is 782. The Morgan fingerprint density at radius 1 is 1.33 bits per heavy atom. The molecule has 6 heteroatoms. The van der Waals surface area contributed by atoms with Crippen LogP contribution in [0.25, 0.3) is 4.96 Å². The average molecular weight is 320 g/mol. The maximum Gasteiger partial charge on any atom is 0.195 e. The van der Waals surface area contributed by atoms with Crippen LogP contribution in [0.5, 0.6) is 5.75 Å². The fraction of sp³-hybridized carbons (Fsp3) is 0.267. The van der Waals surface area contributed by atoms with Crippen LogP contribution in [0.4, 0.5) is 11.5 Å². The number of halogens is 1. The Labute approximate surface area is 131 Å². The van der Waals surface area contributed by atoms with Gasteiger partial charge in [0.05, 0.1) is 23.9 Å². The molecule has 3 aromatic rings. The van der Waals surface area contributed by atoms with Crippen molar-refractivity contribution in [2.24, 2.45) is 0 Å². The smallest absolute Gasteiger partial charge is 0.195 e. The molecule has 4 nitrogen and oxygen atoms in total. The quantitative estimate of drug-likeness (QED) is 0.667. The molecule has 1 aliphatic heterocycles. The minimum Gasteiger partial charge on any atom is -0.491 e. The first-order valence-electron chi connectivity index (χ1n) is 6.88. The molecule has 0 aliphatic carbocycles. The summed E-state index contributed by atoms with van der Waals surface area (Å²) in [6.07, 6.45) is 2.98. The lowest BCUT2D eigenvalue weighted by atomic mass is 10.2. The Kier molecular flexibility index (Phi) is 3.24. The topological polar surface area (TPSA) is 29.8 Å². The largest absolute Gasteiger partial charge is 0.491 e. The summed E-state index contributed by atoms with van der Waals surface area (Å²) in [6.45, 7) is 1.61. The number of imidazole rings is 1. The summed E-state index contributed by atoms with van der Waals surface area (Å²) in [5.74, 6) is 2.29. The third-order valence-corrected chi connectivity index (χ3v) is 4.67. The van der Waals surface area contributed by atoms with Gasteiger partial charge in [-0.3, -0.25) is 4.40 Å². The monoisotopic (exact) mass is 319 g/mol. The van der Waals surface area contributed by atoms with E-state index in [9.17, 15) is 0 Å². The van der Waals surface area contributed by atoms with Gasteiger partial charge in [0.15, 0.2) is 10.8 Å². The van der Waals surface area contributed by atoms with Crippen molar-refractivity contribution < 1.29 is 4.74 Å². The van der Waals surface area contributed by atoms with Crippen LogP contribution < -0.4 is 9.64 Å². The number of thiazole rings is 1. The molecule has 2 aromatic heterocycles. The molecule has 4 rings (SSSR count). The standard InChI is InChI=1S/C15H14ClN3OS/c16-10-12-14(17-15-19(12)7-9-21-15)18-6-3-8-20-13-5-2-1-4-11(13)18/h1-2,4-5,7,9H,3,6,8,10H2. The third-order valence-electron chi connectivity index (χ3n) is 3.66. The number of para-hydroxylation sites is 2. The van der Waals surface area contributed by atoms with Crippen molar-refractivity contribution in [3.05, 3.63) is 41.5 Å². The third kappa shape index (κ3) is 2.08. The predicted molar refractivity (Wildman–Crippen MR) is 86.2 cm³/mol. The minimum absolute atomic E-state index is 0.437. The Morgan fingerprint density at radius 2 is 2.24 bits per heavy atom. The summed E-state index contributed by atoms with van der Waals surface area (Å²) >= 11 is 7.81. The molecule has 0 fully saturated rings. The summed E-state index contributed by atoms with van der Waals surface area (Å²) in [4.78, 5) is 7.97. The van der Waals surface area contributed by atoms with Gasteiger partial charge in [0, 0.05) is 18.1 Å². The first-order chi connectivity index (χ1) is 10.4. The van der Waals surface area contributed by atoms with Crippen molar-refractivity contribution in [1.29, 1.82) is 0 Å². The van der Waals surface area contributed by atoms with E-state index >= 15 is 0 Å². The Balaban J connectivity index is 1.89. The van der Waals surface area contributed by atoms with E-state index in [4.69, 9.17) is 21.3 Å². The normalized spacial score (nSPS) is 14.8. The van der Waals surface area contributed by atoms with Gasteiger partial charge < -0.3 is 9.64 Å². The van der Waals surface area contributed by atoms with E-state index in [-0.39, 0.29) is 0 Å². The van der Waals surface area contributed by atoms with Gasteiger partial charge in [-0.1, -0.05) is 12.1 Å². The highest BCUT2D eigenvalue weighted by Gasteiger charge is 2.23. The zero-order valence-corrected chi connectivity index (χ0v) is 12.9. The number of fused-ring (bicyclic) bond motifs is 2. The van der Waals surface area contributed by atoms with Crippen molar-refractivity contribution >= 4 is 39.4 Å². The van der Waals surface area contributed by atoms with Crippen LogP contribution in [0.3, 0.4) is 0 Å². The van der Waals surface area contributed by atoms with Gasteiger partial charge in [-0.05, 0) is 18.6 Å². The van der Waals surface area contributed by atoms with E-state index < -0.39 is 0 Å². The molecule has 21 heavy (non-hydrogen) atoms. The van der Waals surface area contributed by atoms with E-state index in [1.165, 1.54) is 0 Å². The van der Waals surface area contributed by atoms with Crippen molar-refractivity contribution in [3.63, 3.8) is 0 Å². The molecule has 1 aliphatic rings. The molecule has 0 N–H and O–H groups in total. The van der Waals surface area contributed by atoms with Crippen LogP contribution in [0.1, 0.15) is 12.1 Å². The van der Waals surface area contributed by atoms with Gasteiger partial charge in [0.1, 0.15) is 5.75 Å². The number of nitrogens with zero attached hydrogens (tertiary/aromatic N) is 3. The van der Waals surface area contributed by atoms with Crippen LogP contribution in [0, 0.1) is 0 Å². The van der Waals surface area contributed by atoms with Gasteiger partial charge in [-0.25, -0.2) is 4.98 Å². The number of hydrogen-bond donors (Lipinski definition) is 0. The summed E-state index contributed by atoms with van der Waals surface area (Å²) in [7, 11) is 0. The Hall–Kier alpha value is -1.72. The van der Waals surface area contributed by atoms with Gasteiger partial charge in [-0.15, -0.1) is 22.9 Å². The fourth-order valence-electron chi connectivity index (χ4n) is 2.71. The number of anilines is 2. The molecule has 0 saturated heterocycles. The van der Waals surface area contributed by atoms with Crippen molar-refractivity contribution in [3.8, 4) is 5.75 Å². The summed E-state index contributed by atoms with van der Waals surface area (Å²) in [5.41, 5.74) is 2.09. The first kappa shape index (κ1) is 13.0. The highest BCUT2D eigenvalue weighted by molar-refractivity contribution is 7.15. The zero-order chi connectivity index (χ0) is 14.2. The molecule has 0 saturated carbocycles. The lowest BCUT2D eigenvalue weighted by Crippen LogP contribution is -2.19. The molecular weight excluding hydrogens is 306 g/mol. The number of aromatic nitrogens is 2. The van der Waals surface area contributed by atoms with E-state index in [0.717, 1.165) is 47.5 Å². The van der Waals surface area contributed by atoms with Crippen molar-refractivity contribution in [1.82, 2.24) is 9.38 Å². The van der Waals surface area contributed by atoms with E-state index in [0.29, 0.717) is 5.88 Å². The van der Waals surface area contributed by atoms with E-state index in [1.54, 1.807) is 11.3 Å². The molecule has 0 bridgehead atoms. The maximum absolute atomic E-state index is 6.18. The van der Waals surface area contributed by atoms with Crippen LogP contribution >= 0.6 is 22.9 Å². The summed E-state index contributed by atoms with van der Waals surface area (Å²) in [6, 6.07) is 8.11. The lowest BCUT2D eigenvalue weighted by Gasteiger charge is -2.22. The van der Waals surface area contributed by atoms with E-state index in [2.05, 4.69) is 15.4 Å². The van der Waals surface area contributed by atoms with Gasteiger partial charge in [-0.2, -0.15) is 0 Å².